The topological polar surface area (TPSA) is 44.8 Å². The van der Waals surface area contributed by atoms with Gasteiger partial charge >= 0.3 is 5.97 Å². The van der Waals surface area contributed by atoms with Crippen LogP contribution in [0.15, 0.2) is 30.9 Å². The van der Waals surface area contributed by atoms with Gasteiger partial charge in [0.05, 0.1) is 5.41 Å². The van der Waals surface area contributed by atoms with Gasteiger partial charge in [-0.25, -0.2) is 0 Å². The fourth-order valence-electron chi connectivity index (χ4n) is 3.83. The van der Waals surface area contributed by atoms with Crippen molar-refractivity contribution >= 4 is 5.97 Å². The number of rotatable bonds is 6. The Morgan fingerprint density at radius 2 is 2.16 bits per heavy atom. The lowest BCUT2D eigenvalue weighted by Crippen LogP contribution is -2.29. The van der Waals surface area contributed by atoms with Gasteiger partial charge in [-0.05, 0) is 55.7 Å². The van der Waals surface area contributed by atoms with Gasteiger partial charge in [0.2, 0.25) is 6.79 Å². The van der Waals surface area contributed by atoms with Gasteiger partial charge in [0, 0.05) is 6.42 Å². The molecule has 3 atom stereocenters. The zero-order valence-electron chi connectivity index (χ0n) is 15.4. The summed E-state index contributed by atoms with van der Waals surface area (Å²) in [4.78, 5) is 12.9. The van der Waals surface area contributed by atoms with Gasteiger partial charge in [-0.3, -0.25) is 4.79 Å². The Labute approximate surface area is 150 Å². The van der Waals surface area contributed by atoms with Gasteiger partial charge in [-0.15, -0.1) is 6.58 Å². The van der Waals surface area contributed by atoms with Crippen LogP contribution in [-0.4, -0.2) is 12.8 Å². The average Bonchev–Trinajstić information content (AvgIpc) is 3.21. The molecule has 1 aromatic rings. The van der Waals surface area contributed by atoms with Crippen molar-refractivity contribution in [1.29, 1.82) is 0 Å². The standard InChI is InChI=1S/C21H28O4/c1-5-6-17(15-7-8-18-19(11-15)24-13-23-18)25-20(22)21(4)10-9-16(12-21)14(2)3/h5,7-8,11,14,16-17H,1,6,9-10,12-13H2,2-4H3. The first-order valence-corrected chi connectivity index (χ1v) is 9.14. The lowest BCUT2D eigenvalue weighted by atomic mass is 9.85. The monoisotopic (exact) mass is 344 g/mol. The van der Waals surface area contributed by atoms with E-state index in [0.717, 1.165) is 30.6 Å². The van der Waals surface area contributed by atoms with Crippen molar-refractivity contribution in [1.82, 2.24) is 0 Å². The quantitative estimate of drug-likeness (QED) is 0.536. The largest absolute Gasteiger partial charge is 0.457 e. The van der Waals surface area contributed by atoms with Crippen molar-refractivity contribution < 1.29 is 19.0 Å². The Bertz CT molecular complexity index is 651. The summed E-state index contributed by atoms with van der Waals surface area (Å²) in [6.45, 7) is 10.6. The van der Waals surface area contributed by atoms with Crippen LogP contribution in [0, 0.1) is 17.3 Å². The molecule has 0 N–H and O–H groups in total. The van der Waals surface area contributed by atoms with E-state index >= 15 is 0 Å². The molecule has 136 valence electrons. The Morgan fingerprint density at radius 1 is 1.40 bits per heavy atom. The molecule has 1 aromatic carbocycles. The molecule has 1 aliphatic carbocycles. The molecular weight excluding hydrogens is 316 g/mol. The number of benzene rings is 1. The highest BCUT2D eigenvalue weighted by molar-refractivity contribution is 5.77. The molecule has 2 aliphatic rings. The molecule has 0 amide bonds. The molecular formula is C21H28O4. The average molecular weight is 344 g/mol. The molecule has 3 rings (SSSR count). The number of carbonyl (C=O) groups is 1. The number of ether oxygens (including phenoxy) is 3. The predicted molar refractivity (Wildman–Crippen MR) is 96.5 cm³/mol. The third-order valence-corrected chi connectivity index (χ3v) is 5.61. The minimum absolute atomic E-state index is 0.0971. The van der Waals surface area contributed by atoms with E-state index in [4.69, 9.17) is 14.2 Å². The molecule has 1 fully saturated rings. The summed E-state index contributed by atoms with van der Waals surface area (Å²) in [7, 11) is 0. The predicted octanol–water partition coefficient (Wildman–Crippen LogP) is 5.04. The van der Waals surface area contributed by atoms with Crippen molar-refractivity contribution in [3.05, 3.63) is 36.4 Å². The van der Waals surface area contributed by atoms with Crippen molar-refractivity contribution in [3.63, 3.8) is 0 Å². The van der Waals surface area contributed by atoms with Gasteiger partial charge in [0.15, 0.2) is 11.5 Å². The van der Waals surface area contributed by atoms with Crippen LogP contribution in [0.5, 0.6) is 11.5 Å². The van der Waals surface area contributed by atoms with E-state index in [9.17, 15) is 4.79 Å². The first-order chi connectivity index (χ1) is 11.9. The molecule has 0 spiro atoms. The van der Waals surface area contributed by atoms with Crippen LogP contribution in [0.4, 0.5) is 0 Å². The number of hydrogen-bond donors (Lipinski definition) is 0. The molecule has 0 bridgehead atoms. The summed E-state index contributed by atoms with van der Waals surface area (Å²) in [6.07, 6.45) is 4.93. The molecule has 4 nitrogen and oxygen atoms in total. The van der Waals surface area contributed by atoms with Gasteiger partial charge in [-0.1, -0.05) is 26.0 Å². The van der Waals surface area contributed by atoms with E-state index in [0.29, 0.717) is 24.0 Å². The Kier molecular flexibility index (Phi) is 5.07. The number of hydrogen-bond acceptors (Lipinski definition) is 4. The van der Waals surface area contributed by atoms with E-state index in [-0.39, 0.29) is 24.3 Å². The Balaban J connectivity index is 1.73. The maximum Gasteiger partial charge on any atom is 0.312 e. The van der Waals surface area contributed by atoms with E-state index < -0.39 is 0 Å². The second-order valence-corrected chi connectivity index (χ2v) is 7.84. The van der Waals surface area contributed by atoms with E-state index in [1.54, 1.807) is 6.08 Å². The van der Waals surface area contributed by atoms with Crippen LogP contribution in [0.3, 0.4) is 0 Å². The molecule has 4 heteroatoms. The SMILES string of the molecule is C=CCC(OC(=O)C1(C)CCC(C(C)C)C1)c1ccc2c(c1)OCO2. The molecule has 25 heavy (non-hydrogen) atoms. The van der Waals surface area contributed by atoms with Crippen LogP contribution in [0.1, 0.15) is 58.1 Å². The zero-order valence-corrected chi connectivity index (χ0v) is 15.4. The lowest BCUT2D eigenvalue weighted by Gasteiger charge is -2.26. The fraction of sp³-hybridized carbons (Fsp3) is 0.571. The van der Waals surface area contributed by atoms with Crippen LogP contribution in [0.25, 0.3) is 0 Å². The van der Waals surface area contributed by atoms with Crippen molar-refractivity contribution in [2.24, 2.45) is 17.3 Å². The first kappa shape index (κ1) is 17.8. The summed E-state index contributed by atoms with van der Waals surface area (Å²) in [5.41, 5.74) is 0.532. The fourth-order valence-corrected chi connectivity index (χ4v) is 3.83. The van der Waals surface area contributed by atoms with Gasteiger partial charge < -0.3 is 14.2 Å². The van der Waals surface area contributed by atoms with E-state index in [1.807, 2.05) is 25.1 Å². The summed E-state index contributed by atoms with van der Waals surface area (Å²) < 4.78 is 16.7. The molecule has 1 aliphatic heterocycles. The molecule has 1 saturated carbocycles. The maximum absolute atomic E-state index is 12.9. The third kappa shape index (κ3) is 3.68. The molecule has 0 saturated heterocycles. The van der Waals surface area contributed by atoms with Crippen LogP contribution >= 0.6 is 0 Å². The van der Waals surface area contributed by atoms with Crippen LogP contribution in [-0.2, 0) is 9.53 Å². The van der Waals surface area contributed by atoms with Gasteiger partial charge in [0.1, 0.15) is 6.10 Å². The number of carbonyl (C=O) groups excluding carboxylic acids is 1. The minimum atomic E-state index is -0.384. The van der Waals surface area contributed by atoms with Gasteiger partial charge in [-0.2, -0.15) is 0 Å². The summed E-state index contributed by atoms with van der Waals surface area (Å²) in [5.74, 6) is 2.54. The number of esters is 1. The minimum Gasteiger partial charge on any atom is -0.457 e. The highest BCUT2D eigenvalue weighted by atomic mass is 16.7. The maximum atomic E-state index is 12.9. The van der Waals surface area contributed by atoms with E-state index in [1.165, 1.54) is 0 Å². The molecule has 3 unspecified atom stereocenters. The van der Waals surface area contributed by atoms with Crippen molar-refractivity contribution in [2.45, 2.75) is 52.6 Å². The smallest absolute Gasteiger partial charge is 0.312 e. The molecule has 0 radical (unpaired) electrons. The summed E-state index contributed by atoms with van der Waals surface area (Å²) in [5, 5.41) is 0. The van der Waals surface area contributed by atoms with Crippen LogP contribution in [0.2, 0.25) is 0 Å². The summed E-state index contributed by atoms with van der Waals surface area (Å²) >= 11 is 0. The second-order valence-electron chi connectivity index (χ2n) is 7.84. The van der Waals surface area contributed by atoms with Crippen molar-refractivity contribution in [3.8, 4) is 11.5 Å². The molecule has 0 aromatic heterocycles. The normalized spacial score (nSPS) is 25.8. The summed E-state index contributed by atoms with van der Waals surface area (Å²) in [6, 6.07) is 5.70. The molecule has 1 heterocycles. The van der Waals surface area contributed by atoms with Crippen LogP contribution < -0.4 is 9.47 Å². The third-order valence-electron chi connectivity index (χ3n) is 5.61. The number of fused-ring (bicyclic) bond motifs is 1. The Morgan fingerprint density at radius 3 is 2.84 bits per heavy atom. The lowest BCUT2D eigenvalue weighted by molar-refractivity contribution is -0.160. The highest BCUT2D eigenvalue weighted by Gasteiger charge is 2.44. The van der Waals surface area contributed by atoms with Crippen molar-refractivity contribution in [2.75, 3.05) is 6.79 Å². The van der Waals surface area contributed by atoms with Gasteiger partial charge in [0.25, 0.3) is 0 Å². The highest BCUT2D eigenvalue weighted by Crippen LogP contribution is 2.46. The zero-order chi connectivity index (χ0) is 18.0. The second kappa shape index (κ2) is 7.11. The first-order valence-electron chi connectivity index (χ1n) is 9.14. The van der Waals surface area contributed by atoms with E-state index in [2.05, 4.69) is 20.4 Å². The Hall–Kier alpha value is -1.97.